The van der Waals surface area contributed by atoms with Gasteiger partial charge in [-0.2, -0.15) is 0 Å². The van der Waals surface area contributed by atoms with Gasteiger partial charge in [-0.25, -0.2) is 12.8 Å². The summed E-state index contributed by atoms with van der Waals surface area (Å²) in [7, 11) is -4.31. The number of carbonyl (C=O) groups excluding carboxylic acids is 2. The number of hydrogen-bond donors (Lipinski definition) is 1. The summed E-state index contributed by atoms with van der Waals surface area (Å²) in [6, 6.07) is 21.5. The summed E-state index contributed by atoms with van der Waals surface area (Å²) in [6.45, 7) is 1.26. The average Bonchev–Trinajstić information content (AvgIpc) is 2.97. The van der Waals surface area contributed by atoms with E-state index < -0.39 is 34.3 Å². The van der Waals surface area contributed by atoms with Crippen LogP contribution in [0, 0.1) is 5.82 Å². The lowest BCUT2D eigenvalue weighted by Gasteiger charge is -2.34. The van der Waals surface area contributed by atoms with Crippen LogP contribution in [0.3, 0.4) is 0 Å². The molecule has 212 valence electrons. The Kier molecular flexibility index (Phi) is 9.93. The molecule has 0 bridgehead atoms. The Balaban J connectivity index is 1.69. The third-order valence-corrected chi connectivity index (χ3v) is 9.04. The monoisotopic (exact) mass is 565 g/mol. The van der Waals surface area contributed by atoms with Crippen molar-refractivity contribution < 1.29 is 22.4 Å². The Bertz CT molecular complexity index is 1380. The number of nitrogens with one attached hydrogen (secondary N) is 1. The Morgan fingerprint density at radius 2 is 1.50 bits per heavy atom. The Labute approximate surface area is 236 Å². The minimum Gasteiger partial charge on any atom is -0.352 e. The highest BCUT2D eigenvalue weighted by atomic mass is 32.2. The molecule has 0 heterocycles. The molecule has 0 spiro atoms. The molecule has 0 unspecified atom stereocenters. The van der Waals surface area contributed by atoms with Gasteiger partial charge in [0, 0.05) is 12.6 Å². The molecule has 1 N–H and O–H groups in total. The molecular weight excluding hydrogens is 529 g/mol. The van der Waals surface area contributed by atoms with Crippen LogP contribution in [0.4, 0.5) is 10.1 Å². The van der Waals surface area contributed by atoms with Gasteiger partial charge in [-0.3, -0.25) is 13.9 Å². The van der Waals surface area contributed by atoms with Crippen LogP contribution in [0.1, 0.15) is 51.0 Å². The maximum Gasteiger partial charge on any atom is 0.264 e. The normalized spacial score (nSPS) is 14.8. The molecule has 3 aromatic carbocycles. The van der Waals surface area contributed by atoms with Crippen LogP contribution in [0.2, 0.25) is 0 Å². The van der Waals surface area contributed by atoms with E-state index in [1.54, 1.807) is 18.2 Å². The predicted molar refractivity (Wildman–Crippen MR) is 153 cm³/mol. The molecule has 1 saturated carbocycles. The molecule has 40 heavy (non-hydrogen) atoms. The fourth-order valence-electron chi connectivity index (χ4n) is 5.13. The van der Waals surface area contributed by atoms with E-state index in [0.717, 1.165) is 48.0 Å². The van der Waals surface area contributed by atoms with Crippen LogP contribution < -0.4 is 9.62 Å². The zero-order valence-electron chi connectivity index (χ0n) is 22.7. The van der Waals surface area contributed by atoms with Gasteiger partial charge in [0.15, 0.2) is 0 Å². The molecule has 0 radical (unpaired) electrons. The first-order valence-electron chi connectivity index (χ1n) is 13.8. The fraction of sp³-hybridized carbons (Fsp3) is 0.355. The topological polar surface area (TPSA) is 86.8 Å². The third kappa shape index (κ3) is 7.07. The molecule has 1 aliphatic carbocycles. The second kappa shape index (κ2) is 13.6. The summed E-state index contributed by atoms with van der Waals surface area (Å²) < 4.78 is 43.3. The van der Waals surface area contributed by atoms with Gasteiger partial charge in [-0.05, 0) is 49.1 Å². The van der Waals surface area contributed by atoms with Gasteiger partial charge < -0.3 is 10.2 Å². The standard InChI is InChI=1S/C31H36FN3O4S/c1-2-28(31(37)33-25-16-8-4-9-17-25)34(22-24-14-6-3-7-15-24)30(36)23-35(29-21-13-12-20-27(29)32)40(38,39)26-18-10-5-11-19-26/h3,5-7,10-15,18-21,25,28H,2,4,8-9,16-17,22-23H2,1H3,(H,33,37)/t28-/m1/s1. The number of rotatable bonds is 11. The predicted octanol–water partition coefficient (Wildman–Crippen LogP) is 5.28. The summed E-state index contributed by atoms with van der Waals surface area (Å²) >= 11 is 0. The largest absolute Gasteiger partial charge is 0.352 e. The molecule has 4 rings (SSSR count). The quantitative estimate of drug-likeness (QED) is 0.343. The number of sulfonamides is 1. The van der Waals surface area contributed by atoms with Gasteiger partial charge in [0.05, 0.1) is 10.6 Å². The van der Waals surface area contributed by atoms with E-state index in [2.05, 4.69) is 5.32 Å². The van der Waals surface area contributed by atoms with E-state index >= 15 is 4.39 Å². The summed E-state index contributed by atoms with van der Waals surface area (Å²) in [5, 5.41) is 3.12. The molecular formula is C31H36FN3O4S. The lowest BCUT2D eigenvalue weighted by Crippen LogP contribution is -2.54. The van der Waals surface area contributed by atoms with Gasteiger partial charge in [-0.15, -0.1) is 0 Å². The summed E-state index contributed by atoms with van der Waals surface area (Å²) in [6.07, 6.45) is 5.36. The summed E-state index contributed by atoms with van der Waals surface area (Å²) in [4.78, 5) is 28.9. The number of para-hydroxylation sites is 1. The van der Waals surface area contributed by atoms with Crippen molar-refractivity contribution in [2.24, 2.45) is 0 Å². The molecule has 1 atom stereocenters. The lowest BCUT2D eigenvalue weighted by molar-refractivity contribution is -0.140. The molecule has 1 fully saturated rings. The minimum absolute atomic E-state index is 0.0531. The Hall–Kier alpha value is -3.72. The van der Waals surface area contributed by atoms with Crippen molar-refractivity contribution in [3.63, 3.8) is 0 Å². The van der Waals surface area contributed by atoms with E-state index in [1.807, 2.05) is 37.3 Å². The smallest absolute Gasteiger partial charge is 0.264 e. The minimum atomic E-state index is -4.31. The van der Waals surface area contributed by atoms with Gasteiger partial charge in [0.25, 0.3) is 10.0 Å². The van der Waals surface area contributed by atoms with Crippen molar-refractivity contribution in [2.75, 3.05) is 10.8 Å². The molecule has 3 aromatic rings. The number of benzene rings is 3. The van der Waals surface area contributed by atoms with Crippen molar-refractivity contribution in [3.05, 3.63) is 96.3 Å². The summed E-state index contributed by atoms with van der Waals surface area (Å²) in [5.74, 6) is -1.63. The van der Waals surface area contributed by atoms with Gasteiger partial charge in [-0.1, -0.05) is 86.8 Å². The van der Waals surface area contributed by atoms with Gasteiger partial charge in [0.2, 0.25) is 11.8 Å². The second-order valence-electron chi connectivity index (χ2n) is 10.1. The van der Waals surface area contributed by atoms with Crippen molar-refractivity contribution in [1.29, 1.82) is 0 Å². The molecule has 0 aromatic heterocycles. The third-order valence-electron chi connectivity index (χ3n) is 7.26. The van der Waals surface area contributed by atoms with Crippen molar-refractivity contribution in [3.8, 4) is 0 Å². The molecule has 1 aliphatic rings. The van der Waals surface area contributed by atoms with Crippen LogP contribution in [0.5, 0.6) is 0 Å². The van der Waals surface area contributed by atoms with Crippen molar-refractivity contribution in [2.45, 2.75) is 69.0 Å². The lowest BCUT2D eigenvalue weighted by atomic mass is 9.95. The maximum atomic E-state index is 15.0. The molecule has 7 nitrogen and oxygen atoms in total. The Morgan fingerprint density at radius 3 is 2.12 bits per heavy atom. The molecule has 0 saturated heterocycles. The second-order valence-corrected chi connectivity index (χ2v) is 11.9. The number of hydrogen-bond acceptors (Lipinski definition) is 4. The van der Waals surface area contributed by atoms with Crippen LogP contribution in [0.15, 0.2) is 89.8 Å². The average molecular weight is 566 g/mol. The van der Waals surface area contributed by atoms with E-state index in [9.17, 15) is 18.0 Å². The molecule has 2 amide bonds. The highest BCUT2D eigenvalue weighted by Crippen LogP contribution is 2.27. The zero-order chi connectivity index (χ0) is 28.5. The fourth-order valence-corrected chi connectivity index (χ4v) is 6.57. The highest BCUT2D eigenvalue weighted by Gasteiger charge is 2.35. The molecule has 0 aliphatic heterocycles. The van der Waals surface area contributed by atoms with Gasteiger partial charge in [0.1, 0.15) is 18.4 Å². The van der Waals surface area contributed by atoms with Crippen molar-refractivity contribution >= 4 is 27.5 Å². The zero-order valence-corrected chi connectivity index (χ0v) is 23.5. The first kappa shape index (κ1) is 29.3. The number of nitrogens with zero attached hydrogens (tertiary/aromatic N) is 2. The van der Waals surface area contributed by atoms with Crippen LogP contribution in [-0.4, -0.2) is 43.8 Å². The first-order chi connectivity index (χ1) is 19.3. The van der Waals surface area contributed by atoms with E-state index in [4.69, 9.17) is 0 Å². The highest BCUT2D eigenvalue weighted by molar-refractivity contribution is 7.92. The number of carbonyl (C=O) groups is 2. The number of halogens is 1. The van der Waals surface area contributed by atoms with Crippen molar-refractivity contribution in [1.82, 2.24) is 10.2 Å². The molecule has 9 heteroatoms. The van der Waals surface area contributed by atoms with Crippen LogP contribution >= 0.6 is 0 Å². The van der Waals surface area contributed by atoms with Crippen LogP contribution in [0.25, 0.3) is 0 Å². The van der Waals surface area contributed by atoms with Crippen LogP contribution in [-0.2, 0) is 26.2 Å². The van der Waals surface area contributed by atoms with E-state index in [-0.39, 0.29) is 29.1 Å². The summed E-state index contributed by atoms with van der Waals surface area (Å²) in [5.41, 5.74) is 0.558. The van der Waals surface area contributed by atoms with Gasteiger partial charge >= 0.3 is 0 Å². The van der Waals surface area contributed by atoms with E-state index in [0.29, 0.717) is 6.42 Å². The van der Waals surface area contributed by atoms with E-state index in [1.165, 1.54) is 35.2 Å². The first-order valence-corrected chi connectivity index (χ1v) is 15.2. The number of amides is 2. The Morgan fingerprint density at radius 1 is 0.900 bits per heavy atom. The SMILES string of the molecule is CC[C@H](C(=O)NC1CCCCC1)N(Cc1ccccc1)C(=O)CN(c1ccccc1F)S(=O)(=O)c1ccccc1. The number of anilines is 1. The maximum absolute atomic E-state index is 15.0.